The van der Waals surface area contributed by atoms with Crippen LogP contribution in [0.15, 0.2) is 24.3 Å². The number of carbonyl (C=O) groups is 1. The third-order valence-corrected chi connectivity index (χ3v) is 4.73. The summed E-state index contributed by atoms with van der Waals surface area (Å²) in [7, 11) is 0. The van der Waals surface area contributed by atoms with Crippen LogP contribution in [-0.4, -0.2) is 43.0 Å². The number of amides is 1. The first-order valence-corrected chi connectivity index (χ1v) is 8.34. The van der Waals surface area contributed by atoms with Gasteiger partial charge in [0.2, 0.25) is 5.91 Å². The average Bonchev–Trinajstić information content (AvgIpc) is 3.09. The monoisotopic (exact) mass is 318 g/mol. The van der Waals surface area contributed by atoms with Crippen LogP contribution in [0.25, 0.3) is 0 Å². The minimum atomic E-state index is -0.566. The summed E-state index contributed by atoms with van der Waals surface area (Å²) in [6.07, 6.45) is 0.893. The first kappa shape index (κ1) is 16.3. The van der Waals surface area contributed by atoms with Gasteiger partial charge < -0.3 is 19.7 Å². The highest BCUT2D eigenvalue weighted by Gasteiger charge is 2.37. The lowest BCUT2D eigenvalue weighted by Crippen LogP contribution is -2.51. The topological polar surface area (TPSA) is 50.8 Å². The molecule has 1 fully saturated rings. The minimum Gasteiger partial charge on any atom is -0.359 e. The predicted molar refractivity (Wildman–Crippen MR) is 89.5 cm³/mol. The van der Waals surface area contributed by atoms with E-state index in [9.17, 15) is 4.79 Å². The Kier molecular flexibility index (Phi) is 4.34. The largest absolute Gasteiger partial charge is 0.359 e. The van der Waals surface area contributed by atoms with Crippen LogP contribution in [0.1, 0.15) is 33.3 Å². The van der Waals surface area contributed by atoms with E-state index in [2.05, 4.69) is 22.3 Å². The Morgan fingerprint density at radius 3 is 2.78 bits per heavy atom. The van der Waals surface area contributed by atoms with Crippen molar-refractivity contribution in [1.82, 2.24) is 5.32 Å². The van der Waals surface area contributed by atoms with E-state index in [1.54, 1.807) is 0 Å². The van der Waals surface area contributed by atoms with Crippen LogP contribution in [0.2, 0.25) is 0 Å². The Labute approximate surface area is 137 Å². The van der Waals surface area contributed by atoms with Crippen molar-refractivity contribution in [3.63, 3.8) is 0 Å². The molecule has 1 aromatic rings. The van der Waals surface area contributed by atoms with Crippen molar-refractivity contribution >= 4 is 11.6 Å². The van der Waals surface area contributed by atoms with Gasteiger partial charge in [-0.3, -0.25) is 4.79 Å². The van der Waals surface area contributed by atoms with Crippen molar-refractivity contribution in [3.05, 3.63) is 29.8 Å². The summed E-state index contributed by atoms with van der Waals surface area (Å²) < 4.78 is 11.4. The highest BCUT2D eigenvalue weighted by molar-refractivity contribution is 5.86. The summed E-state index contributed by atoms with van der Waals surface area (Å²) in [6, 6.07) is 8.02. The van der Waals surface area contributed by atoms with Gasteiger partial charge in [0.05, 0.1) is 12.6 Å². The molecule has 5 heteroatoms. The molecule has 2 aliphatic rings. The lowest BCUT2D eigenvalue weighted by Gasteiger charge is -2.29. The Bertz CT molecular complexity index is 587. The molecule has 5 nitrogen and oxygen atoms in total. The molecule has 0 spiro atoms. The van der Waals surface area contributed by atoms with Crippen molar-refractivity contribution in [2.24, 2.45) is 0 Å². The smallest absolute Gasteiger partial charge is 0.242 e. The molecule has 3 rings (SSSR count). The van der Waals surface area contributed by atoms with E-state index in [-0.39, 0.29) is 24.1 Å². The van der Waals surface area contributed by atoms with E-state index in [1.807, 2.05) is 39.8 Å². The van der Waals surface area contributed by atoms with Crippen LogP contribution in [0, 0.1) is 0 Å². The van der Waals surface area contributed by atoms with Gasteiger partial charge in [-0.25, -0.2) is 0 Å². The molecule has 126 valence electrons. The second-order valence-corrected chi connectivity index (χ2v) is 6.91. The third-order valence-electron chi connectivity index (χ3n) is 4.73. The zero-order valence-corrected chi connectivity index (χ0v) is 14.3. The minimum absolute atomic E-state index is 0.0301. The highest BCUT2D eigenvalue weighted by Crippen LogP contribution is 2.29. The lowest BCUT2D eigenvalue weighted by molar-refractivity contribution is -0.143. The summed E-state index contributed by atoms with van der Waals surface area (Å²) in [4.78, 5) is 14.8. The van der Waals surface area contributed by atoms with Gasteiger partial charge in [0.25, 0.3) is 0 Å². The van der Waals surface area contributed by atoms with Crippen LogP contribution in [0.3, 0.4) is 0 Å². The standard InChI is InChI=1S/C18H26N2O3/c1-12(16-11-22-18(3,4)23-16)19-17(21)13(2)20-10-9-14-7-5-6-8-15(14)20/h5-8,12-13,16H,9-11H2,1-4H3,(H,19,21)/t12-,13?,16+/m0/s1. The molecule has 1 saturated heterocycles. The van der Waals surface area contributed by atoms with Crippen LogP contribution >= 0.6 is 0 Å². The number of nitrogens with one attached hydrogen (secondary N) is 1. The zero-order chi connectivity index (χ0) is 16.6. The highest BCUT2D eigenvalue weighted by atomic mass is 16.7. The van der Waals surface area contributed by atoms with E-state index in [0.717, 1.165) is 13.0 Å². The van der Waals surface area contributed by atoms with Gasteiger partial charge in [-0.1, -0.05) is 18.2 Å². The summed E-state index contributed by atoms with van der Waals surface area (Å²) in [6.45, 7) is 9.11. The fraction of sp³-hybridized carbons (Fsp3) is 0.611. The van der Waals surface area contributed by atoms with Crippen molar-refractivity contribution in [3.8, 4) is 0 Å². The molecule has 1 N–H and O–H groups in total. The molecule has 0 aromatic heterocycles. The van der Waals surface area contributed by atoms with E-state index in [1.165, 1.54) is 11.3 Å². The number of rotatable bonds is 4. The maximum atomic E-state index is 12.6. The fourth-order valence-electron chi connectivity index (χ4n) is 3.31. The molecular formula is C18H26N2O3. The maximum Gasteiger partial charge on any atom is 0.242 e. The molecule has 1 amide bonds. The summed E-state index contributed by atoms with van der Waals surface area (Å²) >= 11 is 0. The summed E-state index contributed by atoms with van der Waals surface area (Å²) in [5, 5.41) is 3.08. The van der Waals surface area contributed by atoms with Gasteiger partial charge >= 0.3 is 0 Å². The summed E-state index contributed by atoms with van der Waals surface area (Å²) in [5.41, 5.74) is 2.49. The van der Waals surface area contributed by atoms with Crippen LogP contribution in [0.5, 0.6) is 0 Å². The van der Waals surface area contributed by atoms with E-state index >= 15 is 0 Å². The van der Waals surface area contributed by atoms with Crippen LogP contribution < -0.4 is 10.2 Å². The van der Waals surface area contributed by atoms with Crippen molar-refractivity contribution in [1.29, 1.82) is 0 Å². The van der Waals surface area contributed by atoms with Crippen molar-refractivity contribution in [2.75, 3.05) is 18.1 Å². The number of ether oxygens (including phenoxy) is 2. The fourth-order valence-corrected chi connectivity index (χ4v) is 3.31. The number of carbonyl (C=O) groups excluding carboxylic acids is 1. The van der Waals surface area contributed by atoms with Gasteiger partial charge in [0.15, 0.2) is 5.79 Å². The van der Waals surface area contributed by atoms with E-state index < -0.39 is 5.79 Å². The molecule has 0 radical (unpaired) electrons. The maximum absolute atomic E-state index is 12.6. The number of hydrogen-bond donors (Lipinski definition) is 1. The second kappa shape index (κ2) is 6.13. The number of hydrogen-bond acceptors (Lipinski definition) is 4. The Morgan fingerprint density at radius 2 is 2.09 bits per heavy atom. The van der Waals surface area contributed by atoms with Crippen molar-refractivity contribution in [2.45, 2.75) is 58.1 Å². The third kappa shape index (κ3) is 3.35. The molecule has 3 atom stereocenters. The summed E-state index contributed by atoms with van der Waals surface area (Å²) in [5.74, 6) is -0.536. The zero-order valence-electron chi connectivity index (χ0n) is 14.3. The first-order chi connectivity index (χ1) is 10.9. The quantitative estimate of drug-likeness (QED) is 0.923. The number of nitrogens with zero attached hydrogens (tertiary/aromatic N) is 1. The van der Waals surface area contributed by atoms with Crippen LogP contribution in [0.4, 0.5) is 5.69 Å². The molecular weight excluding hydrogens is 292 g/mol. The molecule has 0 bridgehead atoms. The number of benzene rings is 1. The van der Waals surface area contributed by atoms with Gasteiger partial charge in [-0.15, -0.1) is 0 Å². The Morgan fingerprint density at radius 1 is 1.35 bits per heavy atom. The normalized spacial score (nSPS) is 25.0. The first-order valence-electron chi connectivity index (χ1n) is 8.34. The molecule has 2 aliphatic heterocycles. The van der Waals surface area contributed by atoms with Gasteiger partial charge in [0.1, 0.15) is 12.1 Å². The van der Waals surface area contributed by atoms with Gasteiger partial charge in [0, 0.05) is 12.2 Å². The van der Waals surface area contributed by atoms with E-state index in [4.69, 9.17) is 9.47 Å². The second-order valence-electron chi connectivity index (χ2n) is 6.91. The van der Waals surface area contributed by atoms with Gasteiger partial charge in [-0.2, -0.15) is 0 Å². The molecule has 1 unspecified atom stereocenters. The molecule has 1 aromatic carbocycles. The number of para-hydroxylation sites is 1. The molecule has 0 aliphatic carbocycles. The Balaban J connectivity index is 1.60. The average molecular weight is 318 g/mol. The van der Waals surface area contributed by atoms with E-state index in [0.29, 0.717) is 6.61 Å². The lowest BCUT2D eigenvalue weighted by atomic mass is 10.1. The van der Waals surface area contributed by atoms with Gasteiger partial charge in [-0.05, 0) is 45.7 Å². The molecule has 23 heavy (non-hydrogen) atoms. The number of fused-ring (bicyclic) bond motifs is 1. The Hall–Kier alpha value is -1.59. The SMILES string of the molecule is CC(C(=O)N[C@@H](C)[C@H]1COC(C)(C)O1)N1CCc2ccccc21. The van der Waals surface area contributed by atoms with Crippen LogP contribution in [-0.2, 0) is 20.7 Å². The molecule has 0 saturated carbocycles. The predicted octanol–water partition coefficient (Wildman–Crippen LogP) is 2.09. The molecule has 2 heterocycles. The van der Waals surface area contributed by atoms with Crippen molar-refractivity contribution < 1.29 is 14.3 Å². The number of anilines is 1.